The average Bonchev–Trinajstić information content (AvgIpc) is 2.48. The van der Waals surface area contributed by atoms with Crippen molar-refractivity contribution in [1.29, 1.82) is 0 Å². The van der Waals surface area contributed by atoms with E-state index in [1.165, 1.54) is 5.56 Å². The van der Waals surface area contributed by atoms with Gasteiger partial charge >= 0.3 is 0 Å². The fourth-order valence-corrected chi connectivity index (χ4v) is 2.95. The number of nitrogens with one attached hydrogen (secondary N) is 1. The Kier molecular flexibility index (Phi) is 5.96. The first kappa shape index (κ1) is 16.2. The Balaban J connectivity index is 2.22. The number of piperazine rings is 1. The van der Waals surface area contributed by atoms with Crippen LogP contribution in [-0.4, -0.2) is 67.7 Å². The Bertz CT molecular complexity index is 440. The molecule has 1 N–H and O–H groups in total. The van der Waals surface area contributed by atoms with Gasteiger partial charge in [-0.25, -0.2) is 0 Å². The second-order valence-corrected chi connectivity index (χ2v) is 5.73. The van der Waals surface area contributed by atoms with E-state index in [0.717, 1.165) is 31.9 Å². The molecule has 2 atom stereocenters. The van der Waals surface area contributed by atoms with Gasteiger partial charge in [0, 0.05) is 31.9 Å². The molecule has 0 radical (unpaired) electrons. The quantitative estimate of drug-likeness (QED) is 0.858. The van der Waals surface area contributed by atoms with Gasteiger partial charge in [-0.05, 0) is 39.2 Å². The summed E-state index contributed by atoms with van der Waals surface area (Å²) in [6.45, 7) is 9.05. The van der Waals surface area contributed by atoms with Crippen molar-refractivity contribution in [2.45, 2.75) is 25.9 Å². The average molecular weight is 292 g/mol. The smallest absolute Gasteiger partial charge is 0.137 e. The molecule has 1 fully saturated rings. The molecule has 2 rings (SSSR count). The van der Waals surface area contributed by atoms with E-state index in [1.807, 2.05) is 13.1 Å². The minimum atomic E-state index is 0.274. The first-order valence-electron chi connectivity index (χ1n) is 7.85. The van der Waals surface area contributed by atoms with Gasteiger partial charge in [0.2, 0.25) is 0 Å². The molecule has 1 saturated heterocycles. The van der Waals surface area contributed by atoms with Gasteiger partial charge in [-0.3, -0.25) is 9.88 Å². The van der Waals surface area contributed by atoms with Gasteiger partial charge < -0.3 is 15.0 Å². The highest BCUT2D eigenvalue weighted by atomic mass is 16.5. The monoisotopic (exact) mass is 292 g/mol. The summed E-state index contributed by atoms with van der Waals surface area (Å²) < 4.78 is 5.60. The minimum Gasteiger partial charge on any atom is -0.492 e. The topological polar surface area (TPSA) is 40.6 Å². The Morgan fingerprint density at radius 3 is 2.86 bits per heavy atom. The molecule has 2 unspecified atom stereocenters. The molecule has 1 aromatic heterocycles. The van der Waals surface area contributed by atoms with Crippen LogP contribution in [0.25, 0.3) is 0 Å². The molecule has 0 spiro atoms. The summed E-state index contributed by atoms with van der Waals surface area (Å²) >= 11 is 0. The molecule has 0 aromatic carbocycles. The van der Waals surface area contributed by atoms with Gasteiger partial charge in [-0.2, -0.15) is 0 Å². The second kappa shape index (κ2) is 7.73. The largest absolute Gasteiger partial charge is 0.492 e. The molecule has 1 aliphatic heterocycles. The fourth-order valence-electron chi connectivity index (χ4n) is 2.95. The van der Waals surface area contributed by atoms with Crippen LogP contribution in [0.2, 0.25) is 0 Å². The van der Waals surface area contributed by atoms with Gasteiger partial charge in [0.15, 0.2) is 0 Å². The number of pyridine rings is 1. The highest BCUT2D eigenvalue weighted by Crippen LogP contribution is 2.25. The Hall–Kier alpha value is -1.17. The van der Waals surface area contributed by atoms with E-state index in [4.69, 9.17) is 4.74 Å². The van der Waals surface area contributed by atoms with E-state index in [1.54, 1.807) is 6.20 Å². The van der Waals surface area contributed by atoms with Crippen molar-refractivity contribution in [3.05, 3.63) is 24.0 Å². The number of nitrogens with zero attached hydrogens (tertiary/aromatic N) is 3. The normalized spacial score (nSPS) is 22.2. The summed E-state index contributed by atoms with van der Waals surface area (Å²) in [4.78, 5) is 9.19. The van der Waals surface area contributed by atoms with Crippen LogP contribution in [0.5, 0.6) is 5.75 Å². The van der Waals surface area contributed by atoms with Gasteiger partial charge in [0.1, 0.15) is 5.75 Å². The lowest BCUT2D eigenvalue weighted by atomic mass is 9.97. The zero-order chi connectivity index (χ0) is 15.2. The SMILES string of the molecule is CCNC(c1cncc(OCC)c1)C1CN(C)CCN1C. The van der Waals surface area contributed by atoms with Gasteiger partial charge in [-0.1, -0.05) is 6.92 Å². The summed E-state index contributed by atoms with van der Waals surface area (Å²) in [6.07, 6.45) is 3.74. The first-order valence-corrected chi connectivity index (χ1v) is 7.85. The van der Waals surface area contributed by atoms with E-state index in [2.05, 4.69) is 47.2 Å². The van der Waals surface area contributed by atoms with Crippen LogP contribution in [0.1, 0.15) is 25.5 Å². The third-order valence-electron chi connectivity index (χ3n) is 4.11. The van der Waals surface area contributed by atoms with Crippen LogP contribution in [-0.2, 0) is 0 Å². The Morgan fingerprint density at radius 2 is 2.14 bits per heavy atom. The highest BCUT2D eigenvalue weighted by Gasteiger charge is 2.30. The van der Waals surface area contributed by atoms with Crippen LogP contribution < -0.4 is 10.1 Å². The fraction of sp³-hybridized carbons (Fsp3) is 0.688. The third-order valence-corrected chi connectivity index (χ3v) is 4.11. The zero-order valence-corrected chi connectivity index (χ0v) is 13.7. The van der Waals surface area contributed by atoms with E-state index in [-0.39, 0.29) is 6.04 Å². The molecule has 1 aromatic rings. The van der Waals surface area contributed by atoms with Crippen LogP contribution in [0.4, 0.5) is 0 Å². The number of hydrogen-bond donors (Lipinski definition) is 1. The van der Waals surface area contributed by atoms with Crippen molar-refractivity contribution in [2.24, 2.45) is 0 Å². The molecule has 5 heteroatoms. The minimum absolute atomic E-state index is 0.274. The first-order chi connectivity index (χ1) is 10.2. The van der Waals surface area contributed by atoms with E-state index >= 15 is 0 Å². The summed E-state index contributed by atoms with van der Waals surface area (Å²) in [5.41, 5.74) is 1.20. The third kappa shape index (κ3) is 4.15. The molecule has 0 amide bonds. The Labute approximate surface area is 128 Å². The molecule has 21 heavy (non-hydrogen) atoms. The second-order valence-electron chi connectivity index (χ2n) is 5.73. The van der Waals surface area contributed by atoms with Crippen LogP contribution >= 0.6 is 0 Å². The Morgan fingerprint density at radius 1 is 1.33 bits per heavy atom. The van der Waals surface area contributed by atoms with Crippen molar-refractivity contribution in [2.75, 3.05) is 46.9 Å². The predicted molar refractivity (Wildman–Crippen MR) is 85.7 cm³/mol. The lowest BCUT2D eigenvalue weighted by molar-refractivity contribution is 0.0879. The molecular weight excluding hydrogens is 264 g/mol. The summed E-state index contributed by atoms with van der Waals surface area (Å²) in [6, 6.07) is 2.84. The van der Waals surface area contributed by atoms with Crippen LogP contribution in [0.3, 0.4) is 0 Å². The summed E-state index contributed by atoms with van der Waals surface area (Å²) in [5.74, 6) is 0.852. The van der Waals surface area contributed by atoms with Gasteiger partial charge in [-0.15, -0.1) is 0 Å². The van der Waals surface area contributed by atoms with Crippen LogP contribution in [0.15, 0.2) is 18.5 Å². The van der Waals surface area contributed by atoms with Crippen LogP contribution in [0, 0.1) is 0 Å². The molecule has 0 saturated carbocycles. The van der Waals surface area contributed by atoms with Crippen molar-refractivity contribution >= 4 is 0 Å². The van der Waals surface area contributed by atoms with Crippen molar-refractivity contribution in [1.82, 2.24) is 20.1 Å². The van der Waals surface area contributed by atoms with Crippen molar-refractivity contribution in [3.8, 4) is 5.75 Å². The van der Waals surface area contributed by atoms with Gasteiger partial charge in [0.05, 0.1) is 18.8 Å². The predicted octanol–water partition coefficient (Wildman–Crippen LogP) is 1.38. The van der Waals surface area contributed by atoms with Gasteiger partial charge in [0.25, 0.3) is 0 Å². The summed E-state index contributed by atoms with van der Waals surface area (Å²) in [7, 11) is 4.40. The lowest BCUT2D eigenvalue weighted by Crippen LogP contribution is -2.55. The molecule has 1 aliphatic rings. The lowest BCUT2D eigenvalue weighted by Gasteiger charge is -2.42. The van der Waals surface area contributed by atoms with Crippen molar-refractivity contribution < 1.29 is 4.74 Å². The molecular formula is C16H28N4O. The maximum Gasteiger partial charge on any atom is 0.137 e. The highest BCUT2D eigenvalue weighted by molar-refractivity contribution is 5.27. The maximum atomic E-state index is 5.60. The molecule has 5 nitrogen and oxygen atoms in total. The van der Waals surface area contributed by atoms with E-state index in [0.29, 0.717) is 12.6 Å². The molecule has 2 heterocycles. The maximum absolute atomic E-state index is 5.60. The molecule has 118 valence electrons. The zero-order valence-electron chi connectivity index (χ0n) is 13.7. The number of ether oxygens (including phenoxy) is 1. The van der Waals surface area contributed by atoms with Crippen molar-refractivity contribution in [3.63, 3.8) is 0 Å². The molecule has 0 bridgehead atoms. The summed E-state index contributed by atoms with van der Waals surface area (Å²) in [5, 5.41) is 3.63. The number of aromatic nitrogens is 1. The standard InChI is InChI=1S/C16H28N4O/c1-5-18-16(15-12-19(3)7-8-20(15)4)13-9-14(21-6-2)11-17-10-13/h9-11,15-16,18H,5-8,12H2,1-4H3. The van der Waals surface area contributed by atoms with E-state index < -0.39 is 0 Å². The number of hydrogen-bond acceptors (Lipinski definition) is 5. The number of likely N-dealkylation sites (N-methyl/N-ethyl adjacent to an activating group) is 3. The number of rotatable bonds is 6. The van der Waals surface area contributed by atoms with E-state index in [9.17, 15) is 0 Å². The molecule has 0 aliphatic carbocycles.